The highest BCUT2D eigenvalue weighted by Gasteiger charge is 2.37. The molecule has 10 nitrogen and oxygen atoms in total. The topological polar surface area (TPSA) is 144 Å². The molecule has 1 saturated heterocycles. The summed E-state index contributed by atoms with van der Waals surface area (Å²) in [6, 6.07) is 13.3. The highest BCUT2D eigenvalue weighted by atomic mass is 16.5. The maximum atomic E-state index is 12.8. The van der Waals surface area contributed by atoms with Crippen molar-refractivity contribution in [3.05, 3.63) is 70.8 Å². The Morgan fingerprint density at radius 3 is 2.17 bits per heavy atom. The standard InChI is InChI=1S/C31H36O10/c1-37-25-8-5-17(12-27(25)39-3)9-20-16-41-31(36)21(20)10-18-11-22(30(35)28(13-18)40-4)23(15-32)29(34)19-6-7-24(33)26(14-19)38-2/h5-8,11-14,20-21,23,29,32-35H,9-10,15-16H2,1-4H3/t20-,21-,23-,29+/m1/s1. The van der Waals surface area contributed by atoms with Crippen LogP contribution in [0.5, 0.6) is 34.5 Å². The minimum atomic E-state index is -1.25. The number of carbonyl (C=O) groups excluding carboxylic acids is 1. The van der Waals surface area contributed by atoms with Crippen molar-refractivity contribution in [2.24, 2.45) is 11.8 Å². The quantitative estimate of drug-likeness (QED) is 0.240. The van der Waals surface area contributed by atoms with Gasteiger partial charge in [0.2, 0.25) is 0 Å². The molecular weight excluding hydrogens is 532 g/mol. The van der Waals surface area contributed by atoms with Gasteiger partial charge in [-0.25, -0.2) is 0 Å². The molecule has 1 aliphatic heterocycles. The molecule has 0 aliphatic carbocycles. The van der Waals surface area contributed by atoms with Crippen LogP contribution in [0.25, 0.3) is 0 Å². The molecule has 3 aromatic rings. The average molecular weight is 569 g/mol. The van der Waals surface area contributed by atoms with Crippen molar-refractivity contribution in [2.45, 2.75) is 24.9 Å². The van der Waals surface area contributed by atoms with Crippen LogP contribution in [0.3, 0.4) is 0 Å². The Kier molecular flexibility index (Phi) is 9.46. The minimum absolute atomic E-state index is 0.0957. The summed E-state index contributed by atoms with van der Waals surface area (Å²) in [6.45, 7) is -0.238. The first kappa shape index (κ1) is 29.8. The molecule has 4 atom stereocenters. The van der Waals surface area contributed by atoms with Crippen LogP contribution < -0.4 is 18.9 Å². The molecule has 220 valence electrons. The number of carbonyl (C=O) groups is 1. The summed E-state index contributed by atoms with van der Waals surface area (Å²) in [6.07, 6.45) is -0.393. The molecule has 0 unspecified atom stereocenters. The number of esters is 1. The summed E-state index contributed by atoms with van der Waals surface area (Å²) in [7, 11) is 5.93. The third-order valence-corrected chi connectivity index (χ3v) is 7.62. The number of hydrogen-bond donors (Lipinski definition) is 4. The van der Waals surface area contributed by atoms with Gasteiger partial charge in [0.15, 0.2) is 34.5 Å². The first-order chi connectivity index (χ1) is 19.7. The molecule has 0 spiro atoms. The van der Waals surface area contributed by atoms with Crippen LogP contribution >= 0.6 is 0 Å². The normalized spacial score (nSPS) is 18.0. The van der Waals surface area contributed by atoms with Gasteiger partial charge >= 0.3 is 5.97 Å². The van der Waals surface area contributed by atoms with Crippen LogP contribution in [0.1, 0.15) is 34.3 Å². The molecule has 0 aromatic heterocycles. The lowest BCUT2D eigenvalue weighted by Crippen LogP contribution is -2.21. The number of rotatable bonds is 12. The molecule has 4 rings (SSSR count). The molecule has 0 amide bonds. The van der Waals surface area contributed by atoms with E-state index in [0.717, 1.165) is 5.56 Å². The van der Waals surface area contributed by atoms with E-state index in [4.69, 9.17) is 23.7 Å². The number of aliphatic hydroxyl groups is 2. The molecule has 41 heavy (non-hydrogen) atoms. The van der Waals surface area contributed by atoms with Gasteiger partial charge in [-0.05, 0) is 59.9 Å². The number of methoxy groups -OCH3 is 4. The number of cyclic esters (lactones) is 1. The number of benzene rings is 3. The van der Waals surface area contributed by atoms with Crippen molar-refractivity contribution in [1.29, 1.82) is 0 Å². The van der Waals surface area contributed by atoms with E-state index in [1.165, 1.54) is 32.4 Å². The predicted octanol–water partition coefficient (Wildman–Crippen LogP) is 3.52. The smallest absolute Gasteiger partial charge is 0.309 e. The monoisotopic (exact) mass is 568 g/mol. The van der Waals surface area contributed by atoms with Crippen molar-refractivity contribution < 1.29 is 48.9 Å². The average Bonchev–Trinajstić information content (AvgIpc) is 3.32. The maximum absolute atomic E-state index is 12.8. The van der Waals surface area contributed by atoms with E-state index < -0.39 is 24.5 Å². The Morgan fingerprint density at radius 1 is 0.829 bits per heavy atom. The Morgan fingerprint density at radius 2 is 1.51 bits per heavy atom. The van der Waals surface area contributed by atoms with Crippen LogP contribution in [-0.4, -0.2) is 68.0 Å². The molecule has 0 radical (unpaired) electrons. The number of phenols is 2. The van der Waals surface area contributed by atoms with Crippen molar-refractivity contribution >= 4 is 5.97 Å². The van der Waals surface area contributed by atoms with Gasteiger partial charge in [0, 0.05) is 17.4 Å². The third-order valence-electron chi connectivity index (χ3n) is 7.62. The van der Waals surface area contributed by atoms with Gasteiger partial charge in [-0.1, -0.05) is 18.2 Å². The number of ether oxygens (including phenoxy) is 5. The van der Waals surface area contributed by atoms with E-state index in [2.05, 4.69) is 0 Å². The number of phenolic OH excluding ortho intramolecular Hbond substituents is 2. The highest BCUT2D eigenvalue weighted by molar-refractivity contribution is 5.75. The van der Waals surface area contributed by atoms with Gasteiger partial charge in [0.25, 0.3) is 0 Å². The highest BCUT2D eigenvalue weighted by Crippen LogP contribution is 2.43. The van der Waals surface area contributed by atoms with E-state index in [0.29, 0.717) is 35.5 Å². The lowest BCUT2D eigenvalue weighted by Gasteiger charge is -2.25. The van der Waals surface area contributed by atoms with Crippen molar-refractivity contribution in [1.82, 2.24) is 0 Å². The fraction of sp³-hybridized carbons (Fsp3) is 0.387. The second kappa shape index (κ2) is 13.0. The lowest BCUT2D eigenvalue weighted by atomic mass is 9.83. The molecule has 0 saturated carbocycles. The van der Waals surface area contributed by atoms with Crippen molar-refractivity contribution in [2.75, 3.05) is 41.7 Å². The first-order valence-electron chi connectivity index (χ1n) is 13.2. The Bertz CT molecular complexity index is 1370. The fourth-order valence-electron chi connectivity index (χ4n) is 5.34. The van der Waals surface area contributed by atoms with Crippen molar-refractivity contribution in [3.8, 4) is 34.5 Å². The van der Waals surface area contributed by atoms with Crippen LogP contribution in [0.15, 0.2) is 48.5 Å². The van der Waals surface area contributed by atoms with Crippen molar-refractivity contribution in [3.63, 3.8) is 0 Å². The summed E-state index contributed by atoms with van der Waals surface area (Å²) >= 11 is 0. The lowest BCUT2D eigenvalue weighted by molar-refractivity contribution is -0.141. The molecule has 10 heteroatoms. The van der Waals surface area contributed by atoms with Crippen LogP contribution in [0.2, 0.25) is 0 Å². The van der Waals surface area contributed by atoms with E-state index in [9.17, 15) is 25.2 Å². The molecule has 1 aliphatic rings. The van der Waals surface area contributed by atoms with E-state index in [1.54, 1.807) is 26.4 Å². The maximum Gasteiger partial charge on any atom is 0.309 e. The zero-order valence-electron chi connectivity index (χ0n) is 23.5. The van der Waals surface area contributed by atoms with Crippen LogP contribution in [0, 0.1) is 11.8 Å². The summed E-state index contributed by atoms with van der Waals surface area (Å²) in [5.41, 5.74) is 2.26. The largest absolute Gasteiger partial charge is 0.504 e. The second-order valence-corrected chi connectivity index (χ2v) is 10.00. The molecule has 1 heterocycles. The summed E-state index contributed by atoms with van der Waals surface area (Å²) < 4.78 is 26.7. The van der Waals surface area contributed by atoms with E-state index in [-0.39, 0.29) is 47.1 Å². The second-order valence-electron chi connectivity index (χ2n) is 10.00. The van der Waals surface area contributed by atoms with Gasteiger partial charge in [-0.15, -0.1) is 0 Å². The van der Waals surface area contributed by atoms with E-state index in [1.807, 2.05) is 18.2 Å². The number of aliphatic hydroxyl groups excluding tert-OH is 2. The predicted molar refractivity (Wildman–Crippen MR) is 149 cm³/mol. The molecular formula is C31H36O10. The Hall–Kier alpha value is -4.15. The van der Waals surface area contributed by atoms with E-state index >= 15 is 0 Å². The van der Waals surface area contributed by atoms with Gasteiger partial charge in [-0.3, -0.25) is 4.79 Å². The third kappa shape index (κ3) is 6.28. The summed E-state index contributed by atoms with van der Waals surface area (Å²) in [5.74, 6) is -0.658. The van der Waals surface area contributed by atoms with Gasteiger partial charge in [0.1, 0.15) is 0 Å². The zero-order valence-corrected chi connectivity index (χ0v) is 23.5. The molecule has 3 aromatic carbocycles. The fourth-order valence-corrected chi connectivity index (χ4v) is 5.34. The summed E-state index contributed by atoms with van der Waals surface area (Å²) in [4.78, 5) is 12.8. The Labute approximate surface area is 238 Å². The SMILES string of the molecule is COc1cc([C@H](O)[C@H](CO)c2cc(C[C@H]3C(=O)OC[C@H]3Cc3ccc(OC)c(OC)c3)cc(OC)c2O)ccc1O. The zero-order chi connectivity index (χ0) is 29.7. The van der Waals surface area contributed by atoms with Gasteiger partial charge < -0.3 is 44.1 Å². The molecule has 0 bridgehead atoms. The number of aromatic hydroxyl groups is 2. The summed E-state index contributed by atoms with van der Waals surface area (Å²) in [5, 5.41) is 42.4. The Balaban J connectivity index is 1.63. The molecule has 1 fully saturated rings. The van der Waals surface area contributed by atoms with Crippen LogP contribution in [-0.2, 0) is 22.4 Å². The number of hydrogen-bond acceptors (Lipinski definition) is 10. The first-order valence-corrected chi connectivity index (χ1v) is 13.2. The minimum Gasteiger partial charge on any atom is -0.504 e. The molecule has 4 N–H and O–H groups in total. The van der Waals surface area contributed by atoms with Gasteiger partial charge in [0.05, 0.1) is 53.7 Å². The van der Waals surface area contributed by atoms with Gasteiger partial charge in [-0.2, -0.15) is 0 Å². The van der Waals surface area contributed by atoms with Crippen LogP contribution in [0.4, 0.5) is 0 Å².